The van der Waals surface area contributed by atoms with E-state index >= 15 is 0 Å². The second-order valence-corrected chi connectivity index (χ2v) is 4.76. The standard InChI is InChI=1S/C14H19NO/c1-12-5-7-13(8-6-12)16-10-4-9-14(2,3)11-15/h5-8H,4,9-10H2,1-3H3. The molecular formula is C14H19NO. The third-order valence-electron chi connectivity index (χ3n) is 2.54. The summed E-state index contributed by atoms with van der Waals surface area (Å²) in [4.78, 5) is 0. The normalized spacial score (nSPS) is 10.9. The minimum absolute atomic E-state index is 0.239. The Hall–Kier alpha value is -1.49. The van der Waals surface area contributed by atoms with E-state index in [4.69, 9.17) is 10.00 Å². The van der Waals surface area contributed by atoms with Crippen molar-refractivity contribution in [3.8, 4) is 11.8 Å². The van der Waals surface area contributed by atoms with Crippen LogP contribution in [0.25, 0.3) is 0 Å². The van der Waals surface area contributed by atoms with E-state index < -0.39 is 0 Å². The van der Waals surface area contributed by atoms with E-state index in [1.54, 1.807) is 0 Å². The minimum Gasteiger partial charge on any atom is -0.494 e. The maximum absolute atomic E-state index is 8.85. The Bertz CT molecular complexity index is 359. The summed E-state index contributed by atoms with van der Waals surface area (Å²) in [7, 11) is 0. The monoisotopic (exact) mass is 217 g/mol. The van der Waals surface area contributed by atoms with Gasteiger partial charge < -0.3 is 4.74 Å². The van der Waals surface area contributed by atoms with E-state index in [9.17, 15) is 0 Å². The maximum atomic E-state index is 8.85. The summed E-state index contributed by atoms with van der Waals surface area (Å²) >= 11 is 0. The zero-order valence-electron chi connectivity index (χ0n) is 10.3. The molecule has 0 saturated carbocycles. The third-order valence-corrected chi connectivity index (χ3v) is 2.54. The van der Waals surface area contributed by atoms with E-state index in [1.807, 2.05) is 38.1 Å². The fraction of sp³-hybridized carbons (Fsp3) is 0.500. The Morgan fingerprint density at radius 3 is 2.44 bits per heavy atom. The van der Waals surface area contributed by atoms with Gasteiger partial charge in [-0.2, -0.15) is 5.26 Å². The lowest BCUT2D eigenvalue weighted by Crippen LogP contribution is -2.10. The lowest BCUT2D eigenvalue weighted by Gasteiger charge is -2.14. The van der Waals surface area contributed by atoms with Gasteiger partial charge in [0, 0.05) is 0 Å². The van der Waals surface area contributed by atoms with Crippen LogP contribution in [0.4, 0.5) is 0 Å². The van der Waals surface area contributed by atoms with Crippen molar-refractivity contribution in [3.63, 3.8) is 0 Å². The Morgan fingerprint density at radius 2 is 1.88 bits per heavy atom. The minimum atomic E-state index is -0.239. The van der Waals surface area contributed by atoms with Crippen LogP contribution in [-0.2, 0) is 0 Å². The molecule has 0 radical (unpaired) electrons. The average Bonchev–Trinajstić information content (AvgIpc) is 2.27. The highest BCUT2D eigenvalue weighted by atomic mass is 16.5. The molecule has 1 aromatic rings. The highest BCUT2D eigenvalue weighted by Gasteiger charge is 2.15. The zero-order valence-corrected chi connectivity index (χ0v) is 10.3. The predicted octanol–water partition coefficient (Wildman–Crippen LogP) is 3.70. The lowest BCUT2D eigenvalue weighted by atomic mass is 9.90. The molecule has 0 heterocycles. The first-order chi connectivity index (χ1) is 7.53. The van der Waals surface area contributed by atoms with Crippen molar-refractivity contribution in [2.24, 2.45) is 5.41 Å². The van der Waals surface area contributed by atoms with Crippen LogP contribution in [0, 0.1) is 23.7 Å². The van der Waals surface area contributed by atoms with Crippen LogP contribution < -0.4 is 4.74 Å². The van der Waals surface area contributed by atoms with Gasteiger partial charge in [0.25, 0.3) is 0 Å². The number of nitriles is 1. The molecule has 16 heavy (non-hydrogen) atoms. The Kier molecular flexibility index (Phi) is 4.37. The second kappa shape index (κ2) is 5.55. The number of hydrogen-bond acceptors (Lipinski definition) is 2. The number of rotatable bonds is 5. The Balaban J connectivity index is 2.27. The molecule has 0 bridgehead atoms. The molecular weight excluding hydrogens is 198 g/mol. The maximum Gasteiger partial charge on any atom is 0.119 e. The third kappa shape index (κ3) is 4.35. The van der Waals surface area contributed by atoms with E-state index in [0.717, 1.165) is 18.6 Å². The number of aryl methyl sites for hydroxylation is 1. The highest BCUT2D eigenvalue weighted by Crippen LogP contribution is 2.21. The lowest BCUT2D eigenvalue weighted by molar-refractivity contribution is 0.284. The molecule has 0 aliphatic rings. The molecule has 0 N–H and O–H groups in total. The fourth-order valence-corrected chi connectivity index (χ4v) is 1.39. The molecule has 1 aromatic carbocycles. The highest BCUT2D eigenvalue weighted by molar-refractivity contribution is 5.26. The Labute approximate surface area is 97.9 Å². The molecule has 0 fully saturated rings. The van der Waals surface area contributed by atoms with Gasteiger partial charge in [0.2, 0.25) is 0 Å². The summed E-state index contributed by atoms with van der Waals surface area (Å²) in [5.74, 6) is 0.903. The molecule has 0 aliphatic heterocycles. The van der Waals surface area contributed by atoms with Crippen molar-refractivity contribution in [1.29, 1.82) is 5.26 Å². The largest absolute Gasteiger partial charge is 0.494 e. The van der Waals surface area contributed by atoms with E-state index in [2.05, 4.69) is 13.0 Å². The van der Waals surface area contributed by atoms with E-state index in [1.165, 1.54) is 5.56 Å². The first kappa shape index (κ1) is 12.6. The van der Waals surface area contributed by atoms with E-state index in [-0.39, 0.29) is 5.41 Å². The molecule has 0 aliphatic carbocycles. The summed E-state index contributed by atoms with van der Waals surface area (Å²) in [6.07, 6.45) is 1.78. The number of ether oxygens (including phenoxy) is 1. The van der Waals surface area contributed by atoms with Gasteiger partial charge in [-0.1, -0.05) is 17.7 Å². The van der Waals surface area contributed by atoms with Crippen LogP contribution in [0.5, 0.6) is 5.75 Å². The molecule has 0 unspecified atom stereocenters. The first-order valence-electron chi connectivity index (χ1n) is 5.64. The van der Waals surface area contributed by atoms with Gasteiger partial charge in [-0.05, 0) is 45.7 Å². The van der Waals surface area contributed by atoms with Crippen molar-refractivity contribution in [3.05, 3.63) is 29.8 Å². The van der Waals surface area contributed by atoms with Crippen LogP contribution in [0.2, 0.25) is 0 Å². The van der Waals surface area contributed by atoms with Gasteiger partial charge >= 0.3 is 0 Å². The fourth-order valence-electron chi connectivity index (χ4n) is 1.39. The number of hydrogen-bond donors (Lipinski definition) is 0. The molecule has 0 saturated heterocycles. The van der Waals surface area contributed by atoms with Gasteiger partial charge in [-0.3, -0.25) is 0 Å². The van der Waals surface area contributed by atoms with Gasteiger partial charge in [0.15, 0.2) is 0 Å². The van der Waals surface area contributed by atoms with Crippen molar-refractivity contribution in [2.75, 3.05) is 6.61 Å². The van der Waals surface area contributed by atoms with Crippen LogP contribution in [0.15, 0.2) is 24.3 Å². The van der Waals surface area contributed by atoms with Crippen molar-refractivity contribution in [1.82, 2.24) is 0 Å². The van der Waals surface area contributed by atoms with Gasteiger partial charge in [-0.15, -0.1) is 0 Å². The first-order valence-corrected chi connectivity index (χ1v) is 5.64. The second-order valence-electron chi connectivity index (χ2n) is 4.76. The Morgan fingerprint density at radius 1 is 1.25 bits per heavy atom. The van der Waals surface area contributed by atoms with Gasteiger partial charge in [0.1, 0.15) is 5.75 Å². The smallest absolute Gasteiger partial charge is 0.119 e. The molecule has 0 spiro atoms. The molecule has 2 nitrogen and oxygen atoms in total. The SMILES string of the molecule is Cc1ccc(OCCCC(C)(C)C#N)cc1. The quantitative estimate of drug-likeness (QED) is 0.704. The molecule has 86 valence electrons. The summed E-state index contributed by atoms with van der Waals surface area (Å²) < 4.78 is 5.59. The van der Waals surface area contributed by atoms with Crippen LogP contribution in [-0.4, -0.2) is 6.61 Å². The van der Waals surface area contributed by atoms with Crippen LogP contribution in [0.1, 0.15) is 32.3 Å². The number of benzene rings is 1. The van der Waals surface area contributed by atoms with Crippen LogP contribution >= 0.6 is 0 Å². The van der Waals surface area contributed by atoms with E-state index in [0.29, 0.717) is 6.61 Å². The van der Waals surface area contributed by atoms with Crippen LogP contribution in [0.3, 0.4) is 0 Å². The summed E-state index contributed by atoms with van der Waals surface area (Å²) in [5, 5.41) is 8.85. The van der Waals surface area contributed by atoms with Crippen molar-refractivity contribution < 1.29 is 4.74 Å². The molecule has 1 rings (SSSR count). The molecule has 0 amide bonds. The topological polar surface area (TPSA) is 33.0 Å². The van der Waals surface area contributed by atoms with Gasteiger partial charge in [-0.25, -0.2) is 0 Å². The molecule has 0 aromatic heterocycles. The zero-order chi connectivity index (χ0) is 12.0. The predicted molar refractivity (Wildman–Crippen MR) is 65.3 cm³/mol. The van der Waals surface area contributed by atoms with Gasteiger partial charge in [0.05, 0.1) is 18.1 Å². The molecule has 0 atom stereocenters. The molecule has 2 heteroatoms. The summed E-state index contributed by atoms with van der Waals surface area (Å²) in [6.45, 7) is 6.64. The van der Waals surface area contributed by atoms with Crippen molar-refractivity contribution >= 4 is 0 Å². The number of nitrogens with zero attached hydrogens (tertiary/aromatic N) is 1. The summed E-state index contributed by atoms with van der Waals surface area (Å²) in [6, 6.07) is 10.3. The summed E-state index contributed by atoms with van der Waals surface area (Å²) in [5.41, 5.74) is 0.995. The van der Waals surface area contributed by atoms with Crippen molar-refractivity contribution in [2.45, 2.75) is 33.6 Å². The average molecular weight is 217 g/mol.